The van der Waals surface area contributed by atoms with Gasteiger partial charge in [0, 0.05) is 18.7 Å². The zero-order chi connectivity index (χ0) is 18.5. The Morgan fingerprint density at radius 2 is 1.73 bits per heavy atom. The smallest absolute Gasteiger partial charge is 0.313 e. The summed E-state index contributed by atoms with van der Waals surface area (Å²) in [6, 6.07) is 3.42. The molecule has 5 nitrogen and oxygen atoms in total. The highest BCUT2D eigenvalue weighted by Crippen LogP contribution is 2.27. The van der Waals surface area contributed by atoms with Crippen LogP contribution in [-0.2, 0) is 9.59 Å². The lowest BCUT2D eigenvalue weighted by atomic mass is 9.95. The van der Waals surface area contributed by atoms with Gasteiger partial charge in [0.1, 0.15) is 11.6 Å². The fourth-order valence-electron chi connectivity index (χ4n) is 3.88. The van der Waals surface area contributed by atoms with Crippen molar-refractivity contribution in [3.8, 4) is 0 Å². The van der Waals surface area contributed by atoms with Gasteiger partial charge in [0.25, 0.3) is 0 Å². The maximum atomic E-state index is 13.5. The van der Waals surface area contributed by atoms with Gasteiger partial charge in [0.2, 0.25) is 0 Å². The number of amides is 2. The lowest BCUT2D eigenvalue weighted by Gasteiger charge is -2.36. The van der Waals surface area contributed by atoms with Gasteiger partial charge in [-0.25, -0.2) is 8.78 Å². The topological polar surface area (TPSA) is 61.4 Å². The van der Waals surface area contributed by atoms with Gasteiger partial charge in [-0.05, 0) is 56.8 Å². The number of hydrogen-bond acceptors (Lipinski definition) is 3. The van der Waals surface area contributed by atoms with Crippen molar-refractivity contribution in [3.63, 3.8) is 0 Å². The Hall–Kier alpha value is -2.02. The molecule has 0 unspecified atom stereocenters. The number of benzene rings is 1. The normalized spacial score (nSPS) is 19.5. The monoisotopic (exact) mass is 365 g/mol. The summed E-state index contributed by atoms with van der Waals surface area (Å²) in [5.74, 6) is -2.94. The van der Waals surface area contributed by atoms with E-state index in [1.54, 1.807) is 0 Å². The Balaban J connectivity index is 1.41. The number of nitrogens with zero attached hydrogens (tertiary/aromatic N) is 1. The average Bonchev–Trinajstić information content (AvgIpc) is 3.18. The van der Waals surface area contributed by atoms with E-state index in [1.165, 1.54) is 25.7 Å². The highest BCUT2D eigenvalue weighted by atomic mass is 19.1. The number of hydrogen-bond donors (Lipinski definition) is 2. The fourth-order valence-corrected chi connectivity index (χ4v) is 3.88. The van der Waals surface area contributed by atoms with E-state index >= 15 is 0 Å². The first-order valence-corrected chi connectivity index (χ1v) is 9.31. The zero-order valence-electron chi connectivity index (χ0n) is 14.8. The maximum Gasteiger partial charge on any atom is 0.313 e. The average molecular weight is 365 g/mol. The molecule has 1 aromatic carbocycles. The molecule has 1 aromatic rings. The predicted molar refractivity (Wildman–Crippen MR) is 94.6 cm³/mol. The Morgan fingerprint density at radius 3 is 2.42 bits per heavy atom. The van der Waals surface area contributed by atoms with Gasteiger partial charge in [-0.1, -0.05) is 12.8 Å². The van der Waals surface area contributed by atoms with E-state index in [-0.39, 0.29) is 5.69 Å². The molecule has 0 aromatic heterocycles. The lowest BCUT2D eigenvalue weighted by molar-refractivity contribution is -0.136. The number of rotatable bonds is 4. The van der Waals surface area contributed by atoms with Crippen molar-refractivity contribution in [2.75, 3.05) is 25.0 Å². The summed E-state index contributed by atoms with van der Waals surface area (Å²) < 4.78 is 26.6. The van der Waals surface area contributed by atoms with Gasteiger partial charge in [-0.2, -0.15) is 0 Å². The molecule has 0 atom stereocenters. The largest absolute Gasteiger partial charge is 0.348 e. The second-order valence-corrected chi connectivity index (χ2v) is 7.21. The van der Waals surface area contributed by atoms with Gasteiger partial charge in [0.15, 0.2) is 0 Å². The second-order valence-electron chi connectivity index (χ2n) is 7.21. The third-order valence-corrected chi connectivity index (χ3v) is 5.42. The molecule has 142 valence electrons. The molecule has 0 bridgehead atoms. The van der Waals surface area contributed by atoms with Crippen LogP contribution in [0.5, 0.6) is 0 Å². The van der Waals surface area contributed by atoms with Crippen molar-refractivity contribution >= 4 is 17.5 Å². The number of carbonyl (C=O) groups is 2. The zero-order valence-corrected chi connectivity index (χ0v) is 14.8. The quantitative estimate of drug-likeness (QED) is 0.807. The van der Waals surface area contributed by atoms with Gasteiger partial charge in [0.05, 0.1) is 5.69 Å². The Kier molecular flexibility index (Phi) is 6.19. The minimum atomic E-state index is -0.988. The summed E-state index contributed by atoms with van der Waals surface area (Å²) in [5, 5.41) is 4.71. The van der Waals surface area contributed by atoms with Crippen LogP contribution in [0.25, 0.3) is 0 Å². The number of piperidine rings is 1. The standard InChI is InChI=1S/C19H25F2N3O2/c20-14-5-6-16(21)17(11-14)23-19(26)18(25)22-12-13-7-9-24(10-8-13)15-3-1-2-4-15/h5-6,11,13,15H,1-4,7-10,12H2,(H,22,25)(H,23,26). The highest BCUT2D eigenvalue weighted by Gasteiger charge is 2.27. The third-order valence-electron chi connectivity index (χ3n) is 5.42. The molecule has 26 heavy (non-hydrogen) atoms. The van der Waals surface area contributed by atoms with Crippen molar-refractivity contribution in [1.29, 1.82) is 0 Å². The molecule has 0 radical (unpaired) electrons. The van der Waals surface area contributed by atoms with Crippen LogP contribution < -0.4 is 10.6 Å². The number of carbonyl (C=O) groups excluding carboxylic acids is 2. The first kappa shape index (κ1) is 18.8. The Bertz CT molecular complexity index is 654. The van der Waals surface area contributed by atoms with Gasteiger partial charge in [-0.15, -0.1) is 0 Å². The van der Waals surface area contributed by atoms with Crippen LogP contribution in [0.3, 0.4) is 0 Å². The number of anilines is 1. The van der Waals surface area contributed by atoms with Crippen molar-refractivity contribution in [1.82, 2.24) is 10.2 Å². The number of halogens is 2. The molecule has 1 saturated carbocycles. The van der Waals surface area contributed by atoms with Crippen molar-refractivity contribution in [2.45, 2.75) is 44.6 Å². The molecule has 2 fully saturated rings. The molecule has 2 amide bonds. The van der Waals surface area contributed by atoms with Crippen molar-refractivity contribution in [2.24, 2.45) is 5.92 Å². The summed E-state index contributed by atoms with van der Waals surface area (Å²) in [7, 11) is 0. The van der Waals surface area contributed by atoms with E-state index in [4.69, 9.17) is 0 Å². The summed E-state index contributed by atoms with van der Waals surface area (Å²) >= 11 is 0. The summed E-state index contributed by atoms with van der Waals surface area (Å²) in [6.07, 6.45) is 7.22. The second kappa shape index (κ2) is 8.58. The number of likely N-dealkylation sites (tertiary alicyclic amines) is 1. The van der Waals surface area contributed by atoms with Gasteiger partial charge >= 0.3 is 11.8 Å². The number of nitrogens with one attached hydrogen (secondary N) is 2. The SMILES string of the molecule is O=C(NCC1CCN(C2CCCC2)CC1)C(=O)Nc1cc(F)ccc1F. The minimum Gasteiger partial charge on any atom is -0.348 e. The summed E-state index contributed by atoms with van der Waals surface area (Å²) in [6.45, 7) is 2.49. The molecule has 2 N–H and O–H groups in total. The van der Waals surface area contributed by atoms with E-state index in [0.717, 1.165) is 50.2 Å². The van der Waals surface area contributed by atoms with Gasteiger partial charge < -0.3 is 15.5 Å². The van der Waals surface area contributed by atoms with E-state index in [1.807, 2.05) is 0 Å². The van der Waals surface area contributed by atoms with Crippen LogP contribution in [-0.4, -0.2) is 42.4 Å². The van der Waals surface area contributed by atoms with Crippen LogP contribution in [0.15, 0.2) is 18.2 Å². The summed E-state index contributed by atoms with van der Waals surface area (Å²) in [5.41, 5.74) is -0.338. The lowest BCUT2D eigenvalue weighted by Crippen LogP contribution is -2.44. The Morgan fingerprint density at radius 1 is 1.04 bits per heavy atom. The molecular formula is C19H25F2N3O2. The predicted octanol–water partition coefficient (Wildman–Crippen LogP) is 2.67. The van der Waals surface area contributed by atoms with E-state index < -0.39 is 23.4 Å². The molecule has 3 rings (SSSR count). The molecule has 1 saturated heterocycles. The van der Waals surface area contributed by atoms with Crippen LogP contribution in [0.2, 0.25) is 0 Å². The Labute approximate surface area is 152 Å². The van der Waals surface area contributed by atoms with E-state index in [2.05, 4.69) is 15.5 Å². The molecule has 1 heterocycles. The van der Waals surface area contributed by atoms with Crippen LogP contribution in [0.1, 0.15) is 38.5 Å². The molecule has 2 aliphatic rings. The maximum absolute atomic E-state index is 13.5. The molecule has 1 aliphatic carbocycles. The summed E-state index contributed by atoms with van der Waals surface area (Å²) in [4.78, 5) is 26.3. The molecule has 0 spiro atoms. The van der Waals surface area contributed by atoms with Crippen molar-refractivity contribution in [3.05, 3.63) is 29.8 Å². The van der Waals surface area contributed by atoms with Crippen LogP contribution in [0, 0.1) is 17.6 Å². The first-order chi connectivity index (χ1) is 12.5. The van der Waals surface area contributed by atoms with Crippen LogP contribution in [0.4, 0.5) is 14.5 Å². The van der Waals surface area contributed by atoms with Crippen LogP contribution >= 0.6 is 0 Å². The van der Waals surface area contributed by atoms with Crippen molar-refractivity contribution < 1.29 is 18.4 Å². The minimum absolute atomic E-state index is 0.338. The fraction of sp³-hybridized carbons (Fsp3) is 0.579. The highest BCUT2D eigenvalue weighted by molar-refractivity contribution is 6.39. The first-order valence-electron chi connectivity index (χ1n) is 9.31. The van der Waals surface area contributed by atoms with E-state index in [0.29, 0.717) is 12.5 Å². The molecule has 7 heteroatoms. The van der Waals surface area contributed by atoms with Gasteiger partial charge in [-0.3, -0.25) is 9.59 Å². The molecule has 1 aliphatic heterocycles. The van der Waals surface area contributed by atoms with E-state index in [9.17, 15) is 18.4 Å². The third kappa shape index (κ3) is 4.78. The molecular weight excluding hydrogens is 340 g/mol.